The van der Waals surface area contributed by atoms with Crippen LogP contribution in [0, 0.1) is 16.7 Å². The molecule has 0 atom stereocenters. The van der Waals surface area contributed by atoms with E-state index in [0.29, 0.717) is 17.5 Å². The smallest absolute Gasteiger partial charge is 0.315 e. The van der Waals surface area contributed by atoms with Crippen molar-refractivity contribution >= 4 is 11.9 Å². The standard InChI is InChI=1S/C21H21N3O2/c1-20(2,15-22)13-14-24-18(25)21(23-19(24)26,16-9-5-3-6-10-16)17-11-7-4-8-12-17/h3-12H,13-14H2,1-2H3,(H,23,26). The molecular weight excluding hydrogens is 326 g/mol. The molecule has 0 aliphatic carbocycles. The van der Waals surface area contributed by atoms with E-state index in [1.54, 1.807) is 13.8 Å². The fourth-order valence-electron chi connectivity index (χ4n) is 3.16. The van der Waals surface area contributed by atoms with Crippen LogP contribution in [0.15, 0.2) is 60.7 Å². The number of carbonyl (C=O) groups is 2. The molecule has 0 bridgehead atoms. The molecule has 0 radical (unpaired) electrons. The summed E-state index contributed by atoms with van der Waals surface area (Å²) < 4.78 is 0. The Balaban J connectivity index is 2.03. The first-order chi connectivity index (χ1) is 12.4. The van der Waals surface area contributed by atoms with Crippen molar-refractivity contribution < 1.29 is 9.59 Å². The molecule has 0 unspecified atom stereocenters. The number of urea groups is 1. The molecule has 1 aliphatic heterocycles. The molecule has 3 rings (SSSR count). The van der Waals surface area contributed by atoms with Gasteiger partial charge in [-0.2, -0.15) is 5.26 Å². The lowest BCUT2D eigenvalue weighted by Crippen LogP contribution is -2.45. The van der Waals surface area contributed by atoms with E-state index in [4.69, 9.17) is 0 Å². The quantitative estimate of drug-likeness (QED) is 0.842. The molecule has 1 fully saturated rings. The number of hydrogen-bond acceptors (Lipinski definition) is 3. The van der Waals surface area contributed by atoms with Gasteiger partial charge >= 0.3 is 6.03 Å². The summed E-state index contributed by atoms with van der Waals surface area (Å²) in [5, 5.41) is 12.1. The van der Waals surface area contributed by atoms with Crippen LogP contribution < -0.4 is 5.32 Å². The predicted octanol–water partition coefficient (Wildman–Crippen LogP) is 3.42. The van der Waals surface area contributed by atoms with Crippen LogP contribution in [0.25, 0.3) is 0 Å². The monoisotopic (exact) mass is 347 g/mol. The lowest BCUT2D eigenvalue weighted by atomic mass is 9.82. The van der Waals surface area contributed by atoms with Gasteiger partial charge in [-0.1, -0.05) is 60.7 Å². The van der Waals surface area contributed by atoms with Crippen LogP contribution >= 0.6 is 0 Å². The lowest BCUT2D eigenvalue weighted by molar-refractivity contribution is -0.130. The number of benzene rings is 2. The Kier molecular flexibility index (Phi) is 4.52. The topological polar surface area (TPSA) is 73.2 Å². The Morgan fingerprint density at radius 3 is 1.96 bits per heavy atom. The highest BCUT2D eigenvalue weighted by molar-refractivity contribution is 6.09. The van der Waals surface area contributed by atoms with Crippen molar-refractivity contribution in [3.8, 4) is 6.07 Å². The minimum absolute atomic E-state index is 0.201. The van der Waals surface area contributed by atoms with Gasteiger partial charge < -0.3 is 5.32 Å². The van der Waals surface area contributed by atoms with Crippen LogP contribution in [-0.4, -0.2) is 23.4 Å². The third-order valence-corrected chi connectivity index (χ3v) is 4.78. The van der Waals surface area contributed by atoms with E-state index in [1.165, 1.54) is 4.90 Å². The molecule has 2 aromatic carbocycles. The zero-order valence-electron chi connectivity index (χ0n) is 14.9. The van der Waals surface area contributed by atoms with Crippen LogP contribution in [0.1, 0.15) is 31.4 Å². The van der Waals surface area contributed by atoms with E-state index < -0.39 is 17.0 Å². The van der Waals surface area contributed by atoms with Gasteiger partial charge in [0.05, 0.1) is 11.5 Å². The van der Waals surface area contributed by atoms with Crippen LogP contribution in [0.2, 0.25) is 0 Å². The molecule has 1 heterocycles. The summed E-state index contributed by atoms with van der Waals surface area (Å²) in [6.45, 7) is 3.80. The summed E-state index contributed by atoms with van der Waals surface area (Å²) in [6, 6.07) is 20.3. The summed E-state index contributed by atoms with van der Waals surface area (Å²) in [5.41, 5.74) is -0.417. The van der Waals surface area contributed by atoms with Crippen molar-refractivity contribution in [2.75, 3.05) is 6.54 Å². The fourth-order valence-corrected chi connectivity index (χ4v) is 3.16. The van der Waals surface area contributed by atoms with Crippen LogP contribution in [0.4, 0.5) is 4.79 Å². The molecule has 1 aliphatic rings. The molecule has 0 spiro atoms. The van der Waals surface area contributed by atoms with Gasteiger partial charge in [-0.05, 0) is 31.4 Å². The molecule has 1 N–H and O–H groups in total. The SMILES string of the molecule is CC(C)(C#N)CCN1C(=O)NC(c2ccccc2)(c2ccccc2)C1=O. The van der Waals surface area contributed by atoms with Gasteiger partial charge in [0, 0.05) is 6.54 Å². The first kappa shape index (κ1) is 17.7. The highest BCUT2D eigenvalue weighted by atomic mass is 16.2. The van der Waals surface area contributed by atoms with Crippen molar-refractivity contribution in [1.82, 2.24) is 10.2 Å². The number of nitriles is 1. The summed E-state index contributed by atoms with van der Waals surface area (Å²) in [6.07, 6.45) is 0.419. The third kappa shape index (κ3) is 2.95. The predicted molar refractivity (Wildman–Crippen MR) is 97.9 cm³/mol. The number of rotatable bonds is 5. The second kappa shape index (κ2) is 6.64. The summed E-state index contributed by atoms with van der Waals surface area (Å²) in [4.78, 5) is 27.3. The molecule has 0 saturated carbocycles. The van der Waals surface area contributed by atoms with Crippen molar-refractivity contribution in [2.45, 2.75) is 25.8 Å². The average Bonchev–Trinajstić information content (AvgIpc) is 2.93. The minimum atomic E-state index is -1.24. The largest absolute Gasteiger partial charge is 0.325 e. The third-order valence-electron chi connectivity index (χ3n) is 4.78. The van der Waals surface area contributed by atoms with E-state index in [1.807, 2.05) is 60.7 Å². The number of amides is 3. The Labute approximate surface area is 153 Å². The Bertz CT molecular complexity index is 814. The summed E-state index contributed by atoms with van der Waals surface area (Å²) in [7, 11) is 0. The molecular formula is C21H21N3O2. The second-order valence-electron chi connectivity index (χ2n) is 7.11. The van der Waals surface area contributed by atoms with Crippen LogP contribution in [-0.2, 0) is 10.3 Å². The Morgan fingerprint density at radius 2 is 1.50 bits per heavy atom. The van der Waals surface area contributed by atoms with E-state index >= 15 is 0 Å². The van der Waals surface area contributed by atoms with E-state index in [9.17, 15) is 14.9 Å². The van der Waals surface area contributed by atoms with Crippen LogP contribution in [0.5, 0.6) is 0 Å². The molecule has 1 saturated heterocycles. The molecule has 3 amide bonds. The van der Waals surface area contributed by atoms with Crippen molar-refractivity contribution in [1.29, 1.82) is 5.26 Å². The average molecular weight is 347 g/mol. The summed E-state index contributed by atoms with van der Waals surface area (Å²) in [5.74, 6) is -0.311. The van der Waals surface area contributed by atoms with Gasteiger partial charge in [0.2, 0.25) is 0 Å². The van der Waals surface area contributed by atoms with E-state index in [-0.39, 0.29) is 12.5 Å². The number of nitrogens with one attached hydrogen (secondary N) is 1. The van der Waals surface area contributed by atoms with Gasteiger partial charge in [-0.15, -0.1) is 0 Å². The lowest BCUT2D eigenvalue weighted by Gasteiger charge is -2.28. The van der Waals surface area contributed by atoms with Crippen molar-refractivity contribution in [3.05, 3.63) is 71.8 Å². The highest BCUT2D eigenvalue weighted by Crippen LogP contribution is 2.36. The number of nitrogens with zero attached hydrogens (tertiary/aromatic N) is 2. The van der Waals surface area contributed by atoms with E-state index in [2.05, 4.69) is 11.4 Å². The molecule has 132 valence electrons. The maximum absolute atomic E-state index is 13.4. The van der Waals surface area contributed by atoms with Gasteiger partial charge in [0.15, 0.2) is 5.54 Å². The van der Waals surface area contributed by atoms with Crippen molar-refractivity contribution in [3.63, 3.8) is 0 Å². The fraction of sp³-hybridized carbons (Fsp3) is 0.286. The summed E-state index contributed by atoms with van der Waals surface area (Å²) >= 11 is 0. The maximum Gasteiger partial charge on any atom is 0.325 e. The first-order valence-electron chi connectivity index (χ1n) is 8.57. The van der Waals surface area contributed by atoms with E-state index in [0.717, 1.165) is 0 Å². The highest BCUT2D eigenvalue weighted by Gasteiger charge is 2.53. The number of carbonyl (C=O) groups excluding carboxylic acids is 2. The number of hydrogen-bond donors (Lipinski definition) is 1. The van der Waals surface area contributed by atoms with Gasteiger partial charge in [-0.25, -0.2) is 4.79 Å². The first-order valence-corrected chi connectivity index (χ1v) is 8.57. The molecule has 5 heteroatoms. The van der Waals surface area contributed by atoms with Crippen molar-refractivity contribution in [2.24, 2.45) is 5.41 Å². The molecule has 0 aromatic heterocycles. The number of imide groups is 1. The minimum Gasteiger partial charge on any atom is -0.315 e. The van der Waals surface area contributed by atoms with Gasteiger partial charge in [-0.3, -0.25) is 9.69 Å². The van der Waals surface area contributed by atoms with Gasteiger partial charge in [0.1, 0.15) is 0 Å². The van der Waals surface area contributed by atoms with Crippen LogP contribution in [0.3, 0.4) is 0 Å². The maximum atomic E-state index is 13.4. The second-order valence-corrected chi connectivity index (χ2v) is 7.11. The molecule has 5 nitrogen and oxygen atoms in total. The van der Waals surface area contributed by atoms with Gasteiger partial charge in [0.25, 0.3) is 5.91 Å². The molecule has 26 heavy (non-hydrogen) atoms. The zero-order valence-corrected chi connectivity index (χ0v) is 14.9. The molecule has 2 aromatic rings. The normalized spacial score (nSPS) is 16.3. The zero-order chi connectivity index (χ0) is 18.8. The Hall–Kier alpha value is -3.13. The Morgan fingerprint density at radius 1 is 1.00 bits per heavy atom.